The van der Waals surface area contributed by atoms with Gasteiger partial charge in [0.15, 0.2) is 0 Å². The normalized spacial score (nSPS) is 25.4. The van der Waals surface area contributed by atoms with Crippen LogP contribution >= 0.6 is 0 Å². The summed E-state index contributed by atoms with van der Waals surface area (Å²) in [6.07, 6.45) is 0.651. The van der Waals surface area contributed by atoms with Gasteiger partial charge in [0, 0.05) is 12.4 Å². The first kappa shape index (κ1) is 22.8. The van der Waals surface area contributed by atoms with Gasteiger partial charge in [-0.3, -0.25) is 0 Å². The molecule has 2 aliphatic rings. The van der Waals surface area contributed by atoms with Gasteiger partial charge in [0.2, 0.25) is 0 Å². The fourth-order valence-corrected chi connectivity index (χ4v) is 3.55. The molecule has 1 aromatic carbocycles. The Hall–Kier alpha value is -0.850. The van der Waals surface area contributed by atoms with Gasteiger partial charge in [-0.05, 0) is 67.3 Å². The van der Waals surface area contributed by atoms with E-state index in [1.807, 2.05) is 18.2 Å². The third kappa shape index (κ3) is 4.91. The SMILES string of the molecule is CC1(C)OB(C[C@@H](COCc2ccccc2)B2OC(C)(C)C(C)(C)O2)OC1(C)C. The molecule has 2 fully saturated rings. The molecule has 1 aromatic rings. The number of benzene rings is 1. The van der Waals surface area contributed by atoms with E-state index in [0.717, 1.165) is 5.56 Å². The van der Waals surface area contributed by atoms with E-state index >= 15 is 0 Å². The summed E-state index contributed by atoms with van der Waals surface area (Å²) in [6.45, 7) is 17.6. The number of hydrogen-bond donors (Lipinski definition) is 0. The zero-order chi connectivity index (χ0) is 21.5. The second-order valence-corrected chi connectivity index (χ2v) is 10.3. The topological polar surface area (TPSA) is 46.2 Å². The third-order valence-electron chi connectivity index (χ3n) is 6.90. The standard InChI is InChI=1S/C22H36B2O5/c1-19(2)20(3,4)27-23(26-19)14-18(16-25-15-17-12-10-9-11-13-17)24-28-21(5,6)22(7,8)29-24/h9-13,18H,14-16H2,1-8H3/t18-/m0/s1. The van der Waals surface area contributed by atoms with E-state index in [4.69, 9.17) is 23.4 Å². The third-order valence-corrected chi connectivity index (χ3v) is 6.90. The molecule has 0 aliphatic carbocycles. The second-order valence-electron chi connectivity index (χ2n) is 10.3. The summed E-state index contributed by atoms with van der Waals surface area (Å²) in [6, 6.07) is 10.2. The molecule has 0 unspecified atom stereocenters. The summed E-state index contributed by atoms with van der Waals surface area (Å²) >= 11 is 0. The van der Waals surface area contributed by atoms with Gasteiger partial charge in [0.1, 0.15) is 0 Å². The van der Waals surface area contributed by atoms with E-state index in [1.54, 1.807) is 0 Å². The van der Waals surface area contributed by atoms with Crippen molar-refractivity contribution in [2.24, 2.45) is 0 Å². The maximum atomic E-state index is 6.33. The highest BCUT2D eigenvalue weighted by Gasteiger charge is 2.57. The van der Waals surface area contributed by atoms with Crippen LogP contribution in [0.3, 0.4) is 0 Å². The van der Waals surface area contributed by atoms with E-state index < -0.39 is 0 Å². The predicted octanol–water partition coefficient (Wildman–Crippen LogP) is 4.76. The molecule has 5 nitrogen and oxygen atoms in total. The fraction of sp³-hybridized carbons (Fsp3) is 0.727. The molecular weight excluding hydrogens is 366 g/mol. The van der Waals surface area contributed by atoms with Gasteiger partial charge in [-0.1, -0.05) is 30.3 Å². The van der Waals surface area contributed by atoms with Crippen molar-refractivity contribution in [3.05, 3.63) is 35.9 Å². The molecule has 0 saturated carbocycles. The van der Waals surface area contributed by atoms with Gasteiger partial charge in [0.05, 0.1) is 29.0 Å². The van der Waals surface area contributed by atoms with Crippen LogP contribution in [0.1, 0.15) is 61.0 Å². The lowest BCUT2D eigenvalue weighted by molar-refractivity contribution is 0.00578. The zero-order valence-electron chi connectivity index (χ0n) is 19.3. The van der Waals surface area contributed by atoms with Crippen LogP contribution in [0.5, 0.6) is 0 Å². The van der Waals surface area contributed by atoms with Gasteiger partial charge in [-0.15, -0.1) is 0 Å². The smallest absolute Gasteiger partial charge is 0.403 e. The van der Waals surface area contributed by atoms with E-state index in [0.29, 0.717) is 19.5 Å². The Kier molecular flexibility index (Phi) is 6.30. The Morgan fingerprint density at radius 1 is 0.759 bits per heavy atom. The maximum absolute atomic E-state index is 6.33. The quantitative estimate of drug-likeness (QED) is 0.616. The Balaban J connectivity index is 1.68. The highest BCUT2D eigenvalue weighted by molar-refractivity contribution is 6.53. The Morgan fingerprint density at radius 2 is 1.24 bits per heavy atom. The second kappa shape index (κ2) is 8.01. The van der Waals surface area contributed by atoms with Crippen molar-refractivity contribution < 1.29 is 23.4 Å². The molecule has 3 rings (SSSR count). The summed E-state index contributed by atoms with van der Waals surface area (Å²) in [5.41, 5.74) is -0.335. The van der Waals surface area contributed by atoms with Crippen LogP contribution in [-0.2, 0) is 30.0 Å². The summed E-state index contributed by atoms with van der Waals surface area (Å²) in [7, 11) is -0.681. The maximum Gasteiger partial charge on any atom is 0.463 e. The number of ether oxygens (including phenoxy) is 1. The number of rotatable bonds is 7. The van der Waals surface area contributed by atoms with Crippen molar-refractivity contribution in [2.45, 2.75) is 96.5 Å². The minimum atomic E-state index is -0.384. The van der Waals surface area contributed by atoms with Crippen molar-refractivity contribution in [2.75, 3.05) is 6.61 Å². The summed E-state index contributed by atoms with van der Waals surface area (Å²) in [4.78, 5) is 0. The zero-order valence-corrected chi connectivity index (χ0v) is 19.3. The molecule has 7 heteroatoms. The van der Waals surface area contributed by atoms with Gasteiger partial charge >= 0.3 is 14.2 Å². The van der Waals surface area contributed by atoms with Crippen molar-refractivity contribution >= 4 is 14.2 Å². The van der Waals surface area contributed by atoms with Crippen molar-refractivity contribution in [1.29, 1.82) is 0 Å². The first-order valence-electron chi connectivity index (χ1n) is 10.7. The van der Waals surface area contributed by atoms with Crippen molar-refractivity contribution in [1.82, 2.24) is 0 Å². The molecule has 2 heterocycles. The summed E-state index contributed by atoms with van der Waals surface area (Å²) < 4.78 is 31.2. The molecule has 0 amide bonds. The Labute approximate surface area is 177 Å². The highest BCUT2D eigenvalue weighted by atomic mass is 16.7. The van der Waals surface area contributed by atoms with Crippen LogP contribution in [0, 0.1) is 0 Å². The van der Waals surface area contributed by atoms with Crippen LogP contribution in [-0.4, -0.2) is 43.2 Å². The van der Waals surface area contributed by atoms with Crippen LogP contribution in [0.25, 0.3) is 0 Å². The average Bonchev–Trinajstić information content (AvgIpc) is 2.94. The molecule has 0 radical (unpaired) electrons. The Morgan fingerprint density at radius 3 is 1.76 bits per heavy atom. The van der Waals surface area contributed by atoms with E-state index in [2.05, 4.69) is 67.5 Å². The first-order valence-corrected chi connectivity index (χ1v) is 10.7. The monoisotopic (exact) mass is 402 g/mol. The number of hydrogen-bond acceptors (Lipinski definition) is 5. The lowest BCUT2D eigenvalue weighted by Gasteiger charge is -2.32. The minimum absolute atomic E-state index is 0.00513. The summed E-state index contributed by atoms with van der Waals surface area (Å²) in [5, 5.41) is 0. The first-order chi connectivity index (χ1) is 13.3. The van der Waals surface area contributed by atoms with E-state index in [1.165, 1.54) is 0 Å². The van der Waals surface area contributed by atoms with Crippen LogP contribution < -0.4 is 0 Å². The van der Waals surface area contributed by atoms with Gasteiger partial charge in [-0.25, -0.2) is 0 Å². The van der Waals surface area contributed by atoms with Gasteiger partial charge < -0.3 is 23.4 Å². The van der Waals surface area contributed by atoms with E-state index in [9.17, 15) is 0 Å². The molecule has 0 bridgehead atoms. The lowest BCUT2D eigenvalue weighted by Crippen LogP contribution is -2.41. The molecule has 0 aromatic heterocycles. The molecule has 2 saturated heterocycles. The van der Waals surface area contributed by atoms with E-state index in [-0.39, 0.29) is 42.5 Å². The van der Waals surface area contributed by atoms with Crippen molar-refractivity contribution in [3.8, 4) is 0 Å². The Bertz CT molecular complexity index is 658. The van der Waals surface area contributed by atoms with Gasteiger partial charge in [-0.2, -0.15) is 0 Å². The van der Waals surface area contributed by atoms with Crippen molar-refractivity contribution in [3.63, 3.8) is 0 Å². The van der Waals surface area contributed by atoms with Crippen LogP contribution in [0.4, 0.5) is 0 Å². The molecule has 0 N–H and O–H groups in total. The predicted molar refractivity (Wildman–Crippen MR) is 117 cm³/mol. The molecule has 1 atom stereocenters. The molecule has 29 heavy (non-hydrogen) atoms. The largest absolute Gasteiger partial charge is 0.463 e. The lowest BCUT2D eigenvalue weighted by atomic mass is 9.61. The molecular formula is C22H36B2O5. The molecule has 2 aliphatic heterocycles. The average molecular weight is 402 g/mol. The fourth-order valence-electron chi connectivity index (χ4n) is 3.55. The minimum Gasteiger partial charge on any atom is -0.403 e. The highest BCUT2D eigenvalue weighted by Crippen LogP contribution is 2.44. The van der Waals surface area contributed by atoms with Gasteiger partial charge in [0.25, 0.3) is 0 Å². The van der Waals surface area contributed by atoms with Crippen LogP contribution in [0.15, 0.2) is 30.3 Å². The molecule has 0 spiro atoms. The van der Waals surface area contributed by atoms with Crippen LogP contribution in [0.2, 0.25) is 12.1 Å². The summed E-state index contributed by atoms with van der Waals surface area (Å²) in [5.74, 6) is -0.00513. The molecule has 160 valence electrons.